The van der Waals surface area contributed by atoms with Gasteiger partial charge in [-0.3, -0.25) is 20.4 Å². The van der Waals surface area contributed by atoms with E-state index in [1.54, 1.807) is 60.7 Å². The van der Waals surface area contributed by atoms with Gasteiger partial charge < -0.3 is 9.15 Å². The monoisotopic (exact) mass is 420 g/mol. The largest absolute Gasteiger partial charge is 0.476 e. The van der Waals surface area contributed by atoms with Gasteiger partial charge in [0.15, 0.2) is 12.4 Å². The molecule has 6 nitrogen and oxygen atoms in total. The summed E-state index contributed by atoms with van der Waals surface area (Å²) in [4.78, 5) is 25.2. The Hall–Kier alpha value is -3.77. The molecule has 0 saturated heterocycles. The highest BCUT2D eigenvalue weighted by atomic mass is 35.5. The van der Waals surface area contributed by atoms with Crippen molar-refractivity contribution < 1.29 is 13.9 Å². The van der Waals surface area contributed by atoms with E-state index in [0.717, 1.165) is 0 Å². The molecule has 0 radical (unpaired) electrons. The Morgan fingerprint density at radius 2 is 1.73 bits per heavy atom. The number of hydrogen-bond donors (Lipinski definition) is 2. The zero-order valence-corrected chi connectivity index (χ0v) is 16.5. The Labute approximate surface area is 177 Å². The van der Waals surface area contributed by atoms with Gasteiger partial charge in [-0.05, 0) is 30.3 Å². The van der Waals surface area contributed by atoms with E-state index >= 15 is 0 Å². The number of hydrogen-bond acceptors (Lipinski definition) is 5. The number of rotatable bonds is 6. The summed E-state index contributed by atoms with van der Waals surface area (Å²) < 4.78 is 11.6. The van der Waals surface area contributed by atoms with Gasteiger partial charge in [0.05, 0.1) is 11.1 Å². The van der Waals surface area contributed by atoms with Crippen molar-refractivity contribution in [3.05, 3.63) is 94.1 Å². The molecular weight excluding hydrogens is 404 g/mol. The Bertz CT molecular complexity index is 1260. The van der Waals surface area contributed by atoms with Gasteiger partial charge in [0.1, 0.15) is 5.58 Å². The van der Waals surface area contributed by atoms with E-state index in [-0.39, 0.29) is 23.5 Å². The van der Waals surface area contributed by atoms with Crippen molar-refractivity contribution in [1.29, 1.82) is 0 Å². The fourth-order valence-corrected chi connectivity index (χ4v) is 3.11. The average molecular weight is 421 g/mol. The molecule has 4 aromatic rings. The van der Waals surface area contributed by atoms with Crippen LogP contribution in [0.5, 0.6) is 5.75 Å². The van der Waals surface area contributed by atoms with Crippen molar-refractivity contribution in [2.24, 2.45) is 0 Å². The van der Waals surface area contributed by atoms with Crippen LogP contribution in [-0.4, -0.2) is 12.5 Å². The summed E-state index contributed by atoms with van der Waals surface area (Å²) in [6.07, 6.45) is 0. The molecule has 0 aliphatic heterocycles. The molecule has 0 aliphatic rings. The van der Waals surface area contributed by atoms with Crippen molar-refractivity contribution in [3.8, 4) is 17.1 Å². The maximum Gasteiger partial charge on any atom is 0.276 e. The minimum Gasteiger partial charge on any atom is -0.476 e. The molecule has 0 unspecified atom stereocenters. The molecule has 0 bridgehead atoms. The smallest absolute Gasteiger partial charge is 0.276 e. The highest BCUT2D eigenvalue weighted by Gasteiger charge is 2.18. The molecule has 150 valence electrons. The van der Waals surface area contributed by atoms with Crippen LogP contribution >= 0.6 is 11.6 Å². The number of para-hydroxylation sites is 1. The molecule has 7 heteroatoms. The second-order valence-electron chi connectivity index (χ2n) is 6.42. The number of carbonyl (C=O) groups is 1. The van der Waals surface area contributed by atoms with Crippen molar-refractivity contribution in [3.63, 3.8) is 0 Å². The van der Waals surface area contributed by atoms with Gasteiger partial charge in [-0.25, -0.2) is 0 Å². The minimum absolute atomic E-state index is 0.0159. The molecule has 1 amide bonds. The van der Waals surface area contributed by atoms with Crippen LogP contribution in [0.3, 0.4) is 0 Å². The molecule has 4 rings (SSSR count). The number of nitrogens with one attached hydrogen (secondary N) is 2. The van der Waals surface area contributed by atoms with E-state index in [1.165, 1.54) is 0 Å². The molecule has 1 aromatic heterocycles. The van der Waals surface area contributed by atoms with E-state index in [9.17, 15) is 9.59 Å². The van der Waals surface area contributed by atoms with E-state index in [2.05, 4.69) is 10.9 Å². The fraction of sp³-hybridized carbons (Fsp3) is 0.0435. The van der Waals surface area contributed by atoms with Crippen LogP contribution in [0.4, 0.5) is 5.69 Å². The summed E-state index contributed by atoms with van der Waals surface area (Å²) in [6.45, 7) is -0.378. The Morgan fingerprint density at radius 3 is 2.53 bits per heavy atom. The van der Waals surface area contributed by atoms with E-state index < -0.39 is 5.91 Å². The fourth-order valence-electron chi connectivity index (χ4n) is 2.92. The topological polar surface area (TPSA) is 80.6 Å². The molecule has 3 aromatic carbocycles. The van der Waals surface area contributed by atoms with Crippen molar-refractivity contribution in [2.45, 2.75) is 0 Å². The summed E-state index contributed by atoms with van der Waals surface area (Å²) in [5.74, 6) is -0.214. The van der Waals surface area contributed by atoms with Gasteiger partial charge in [0.2, 0.25) is 11.2 Å². The number of halogens is 1. The van der Waals surface area contributed by atoms with E-state index in [0.29, 0.717) is 27.2 Å². The van der Waals surface area contributed by atoms with Gasteiger partial charge in [0.25, 0.3) is 5.91 Å². The lowest BCUT2D eigenvalue weighted by molar-refractivity contribution is -0.122. The van der Waals surface area contributed by atoms with Crippen LogP contribution in [0.25, 0.3) is 22.3 Å². The quantitative estimate of drug-likeness (QED) is 0.444. The van der Waals surface area contributed by atoms with Gasteiger partial charge in [0, 0.05) is 10.6 Å². The van der Waals surface area contributed by atoms with Gasteiger partial charge in [-0.2, -0.15) is 0 Å². The van der Waals surface area contributed by atoms with Gasteiger partial charge in [-0.1, -0.05) is 60.1 Å². The predicted molar refractivity (Wildman–Crippen MR) is 117 cm³/mol. The van der Waals surface area contributed by atoms with Crippen LogP contribution in [0, 0.1) is 0 Å². The Kier molecular flexibility index (Phi) is 5.68. The SMILES string of the molecule is O=C(COc1c(-c2ccccc2)oc2ccccc2c1=O)NNc1cccc(Cl)c1. The Morgan fingerprint density at radius 1 is 0.967 bits per heavy atom. The first-order chi connectivity index (χ1) is 14.6. The second-order valence-corrected chi connectivity index (χ2v) is 6.86. The van der Waals surface area contributed by atoms with Crippen LogP contribution in [-0.2, 0) is 4.79 Å². The molecule has 1 heterocycles. The number of carbonyl (C=O) groups excluding carboxylic acids is 1. The molecule has 2 N–H and O–H groups in total. The summed E-state index contributed by atoms with van der Waals surface area (Å²) in [5.41, 5.74) is 6.65. The lowest BCUT2D eigenvalue weighted by Crippen LogP contribution is -2.34. The third-order valence-corrected chi connectivity index (χ3v) is 4.55. The number of ether oxygens (including phenoxy) is 1. The summed E-state index contributed by atoms with van der Waals surface area (Å²) >= 11 is 5.92. The number of hydrazine groups is 1. The third kappa shape index (κ3) is 4.29. The predicted octanol–water partition coefficient (Wildman–Crippen LogP) is 4.64. The number of benzene rings is 3. The molecular formula is C23H17ClN2O4. The number of fused-ring (bicyclic) bond motifs is 1. The van der Waals surface area contributed by atoms with Crippen molar-refractivity contribution in [1.82, 2.24) is 5.43 Å². The first kappa shape index (κ1) is 19.5. The average Bonchev–Trinajstić information content (AvgIpc) is 2.77. The minimum atomic E-state index is -0.471. The zero-order valence-electron chi connectivity index (χ0n) is 15.7. The highest BCUT2D eigenvalue weighted by Crippen LogP contribution is 2.30. The Balaban J connectivity index is 1.57. The maximum absolute atomic E-state index is 13.0. The van der Waals surface area contributed by atoms with E-state index in [4.69, 9.17) is 20.8 Å². The first-order valence-electron chi connectivity index (χ1n) is 9.16. The zero-order chi connectivity index (χ0) is 20.9. The van der Waals surface area contributed by atoms with Crippen molar-refractivity contribution in [2.75, 3.05) is 12.0 Å². The highest BCUT2D eigenvalue weighted by molar-refractivity contribution is 6.30. The maximum atomic E-state index is 13.0. The summed E-state index contributed by atoms with van der Waals surface area (Å²) in [7, 11) is 0. The first-order valence-corrected chi connectivity index (χ1v) is 9.54. The van der Waals surface area contributed by atoms with Crippen LogP contribution in [0.1, 0.15) is 0 Å². The number of anilines is 1. The lowest BCUT2D eigenvalue weighted by atomic mass is 10.1. The molecule has 0 saturated carbocycles. The van der Waals surface area contributed by atoms with Crippen LogP contribution < -0.4 is 21.0 Å². The standard InChI is InChI=1S/C23H17ClN2O4/c24-16-9-6-10-17(13-16)25-26-20(27)14-29-23-21(28)18-11-4-5-12-19(18)30-22(23)15-7-2-1-3-8-15/h1-13,25H,14H2,(H,26,27). The summed E-state index contributed by atoms with van der Waals surface area (Å²) in [6, 6.07) is 22.9. The van der Waals surface area contributed by atoms with Gasteiger partial charge >= 0.3 is 0 Å². The van der Waals surface area contributed by atoms with E-state index in [1.807, 2.05) is 18.2 Å². The normalized spacial score (nSPS) is 10.6. The molecule has 0 aliphatic carbocycles. The summed E-state index contributed by atoms with van der Waals surface area (Å²) in [5, 5.41) is 0.913. The van der Waals surface area contributed by atoms with Crippen molar-refractivity contribution >= 4 is 34.2 Å². The number of amides is 1. The molecule has 0 atom stereocenters. The third-order valence-electron chi connectivity index (χ3n) is 4.31. The molecule has 30 heavy (non-hydrogen) atoms. The van der Waals surface area contributed by atoms with Gasteiger partial charge in [-0.15, -0.1) is 0 Å². The second kappa shape index (κ2) is 8.71. The van der Waals surface area contributed by atoms with Crippen LogP contribution in [0.2, 0.25) is 5.02 Å². The molecule has 0 spiro atoms. The lowest BCUT2D eigenvalue weighted by Gasteiger charge is -2.12. The molecule has 0 fully saturated rings. The van der Waals surface area contributed by atoms with Crippen LogP contribution in [0.15, 0.2) is 88.1 Å².